The molecule has 4 nitrogen and oxygen atoms in total. The van der Waals surface area contributed by atoms with E-state index in [9.17, 15) is 4.79 Å². The highest BCUT2D eigenvalue weighted by Crippen LogP contribution is 2.18. The fourth-order valence-electron chi connectivity index (χ4n) is 1.79. The first-order valence-electron chi connectivity index (χ1n) is 5.58. The summed E-state index contributed by atoms with van der Waals surface area (Å²) >= 11 is 0. The van der Waals surface area contributed by atoms with E-state index in [-0.39, 0.29) is 17.9 Å². The van der Waals surface area contributed by atoms with E-state index in [0.717, 1.165) is 32.7 Å². The molecule has 0 atom stereocenters. The van der Waals surface area contributed by atoms with Crippen LogP contribution >= 0.6 is 0 Å². The molecule has 0 aromatic rings. The van der Waals surface area contributed by atoms with Crippen molar-refractivity contribution in [3.63, 3.8) is 0 Å². The molecule has 15 heavy (non-hydrogen) atoms. The Balaban J connectivity index is 2.41. The molecule has 1 N–H and O–H groups in total. The number of carbonyl (C=O) groups is 1. The lowest BCUT2D eigenvalue weighted by Gasteiger charge is -2.37. The summed E-state index contributed by atoms with van der Waals surface area (Å²) in [6.45, 7) is 10.1. The number of hydrogen-bond donors (Lipinski definition) is 1. The van der Waals surface area contributed by atoms with Gasteiger partial charge in [0, 0.05) is 38.1 Å². The molecular weight excluding hydrogens is 192 g/mol. The number of aliphatic hydroxyl groups is 1. The van der Waals surface area contributed by atoms with Gasteiger partial charge in [-0.2, -0.15) is 0 Å². The standard InChI is InChI=1S/C11H22N2O2/c1-11(2,3)10(15)13-6-4-12(5-7-13)8-9-14/h14H,4-9H2,1-3H3. The van der Waals surface area contributed by atoms with E-state index < -0.39 is 0 Å². The van der Waals surface area contributed by atoms with Crippen molar-refractivity contribution in [3.8, 4) is 0 Å². The average molecular weight is 214 g/mol. The normalized spacial score (nSPS) is 19.3. The molecule has 0 unspecified atom stereocenters. The molecule has 88 valence electrons. The molecule has 1 amide bonds. The Bertz CT molecular complexity index is 215. The fraction of sp³-hybridized carbons (Fsp3) is 0.909. The van der Waals surface area contributed by atoms with Gasteiger partial charge in [-0.3, -0.25) is 9.69 Å². The zero-order chi connectivity index (χ0) is 11.5. The molecule has 0 aromatic carbocycles. The summed E-state index contributed by atoms with van der Waals surface area (Å²) in [5.41, 5.74) is -0.279. The zero-order valence-electron chi connectivity index (χ0n) is 9.99. The molecule has 1 saturated heterocycles. The van der Waals surface area contributed by atoms with E-state index in [1.807, 2.05) is 25.7 Å². The van der Waals surface area contributed by atoms with Crippen LogP contribution in [0.5, 0.6) is 0 Å². The van der Waals surface area contributed by atoms with Crippen LogP contribution in [0.25, 0.3) is 0 Å². The summed E-state index contributed by atoms with van der Waals surface area (Å²) in [7, 11) is 0. The van der Waals surface area contributed by atoms with E-state index in [1.54, 1.807) is 0 Å². The summed E-state index contributed by atoms with van der Waals surface area (Å²) in [4.78, 5) is 16.1. The van der Waals surface area contributed by atoms with Gasteiger partial charge in [0.25, 0.3) is 0 Å². The number of hydrogen-bond acceptors (Lipinski definition) is 3. The van der Waals surface area contributed by atoms with Gasteiger partial charge in [-0.1, -0.05) is 20.8 Å². The van der Waals surface area contributed by atoms with Crippen LogP contribution in [-0.4, -0.2) is 60.1 Å². The zero-order valence-corrected chi connectivity index (χ0v) is 9.99. The van der Waals surface area contributed by atoms with Gasteiger partial charge in [-0.25, -0.2) is 0 Å². The second-order valence-electron chi connectivity index (χ2n) is 5.11. The van der Waals surface area contributed by atoms with Gasteiger partial charge in [-0.15, -0.1) is 0 Å². The molecule has 0 aliphatic carbocycles. The van der Waals surface area contributed by atoms with Crippen LogP contribution in [0.2, 0.25) is 0 Å². The fourth-order valence-corrected chi connectivity index (χ4v) is 1.79. The summed E-state index contributed by atoms with van der Waals surface area (Å²) in [5, 5.41) is 8.80. The lowest BCUT2D eigenvalue weighted by atomic mass is 9.94. The van der Waals surface area contributed by atoms with Crippen LogP contribution in [0.3, 0.4) is 0 Å². The van der Waals surface area contributed by atoms with Crippen molar-refractivity contribution in [2.45, 2.75) is 20.8 Å². The van der Waals surface area contributed by atoms with Crippen molar-refractivity contribution in [3.05, 3.63) is 0 Å². The number of nitrogens with zero attached hydrogens (tertiary/aromatic N) is 2. The summed E-state index contributed by atoms with van der Waals surface area (Å²) in [6, 6.07) is 0. The second kappa shape index (κ2) is 4.94. The maximum Gasteiger partial charge on any atom is 0.228 e. The van der Waals surface area contributed by atoms with Crippen LogP contribution in [0, 0.1) is 5.41 Å². The predicted molar refractivity (Wildman–Crippen MR) is 59.6 cm³/mol. The third kappa shape index (κ3) is 3.47. The smallest absolute Gasteiger partial charge is 0.228 e. The third-order valence-corrected chi connectivity index (χ3v) is 2.72. The van der Waals surface area contributed by atoms with Gasteiger partial charge in [0.05, 0.1) is 6.61 Å². The summed E-state index contributed by atoms with van der Waals surface area (Å²) in [5.74, 6) is 0.228. The predicted octanol–water partition coefficient (Wildman–Crippen LogP) is 0.169. The second-order valence-corrected chi connectivity index (χ2v) is 5.11. The van der Waals surface area contributed by atoms with Crippen molar-refractivity contribution in [1.82, 2.24) is 9.80 Å². The molecule has 1 aliphatic heterocycles. The minimum Gasteiger partial charge on any atom is -0.395 e. The van der Waals surface area contributed by atoms with E-state index in [1.165, 1.54) is 0 Å². The van der Waals surface area contributed by atoms with Gasteiger partial charge in [0.15, 0.2) is 0 Å². The summed E-state index contributed by atoms with van der Waals surface area (Å²) in [6.07, 6.45) is 0. The van der Waals surface area contributed by atoms with E-state index in [0.29, 0.717) is 0 Å². The van der Waals surface area contributed by atoms with Crippen LogP contribution in [0.15, 0.2) is 0 Å². The molecule has 1 fully saturated rings. The summed E-state index contributed by atoms with van der Waals surface area (Å²) < 4.78 is 0. The van der Waals surface area contributed by atoms with Crippen molar-refractivity contribution < 1.29 is 9.90 Å². The first kappa shape index (κ1) is 12.5. The quantitative estimate of drug-likeness (QED) is 0.712. The van der Waals surface area contributed by atoms with Gasteiger partial charge < -0.3 is 10.0 Å². The van der Waals surface area contributed by atoms with Crippen molar-refractivity contribution >= 4 is 5.91 Å². The van der Waals surface area contributed by atoms with Crippen LogP contribution < -0.4 is 0 Å². The van der Waals surface area contributed by atoms with Gasteiger partial charge in [-0.05, 0) is 0 Å². The minimum atomic E-state index is -0.279. The molecule has 1 aliphatic rings. The van der Waals surface area contributed by atoms with Crippen LogP contribution in [0.4, 0.5) is 0 Å². The van der Waals surface area contributed by atoms with E-state index in [2.05, 4.69) is 4.90 Å². The number of amides is 1. The number of aliphatic hydroxyl groups excluding tert-OH is 1. The number of rotatable bonds is 2. The van der Waals surface area contributed by atoms with Crippen LogP contribution in [-0.2, 0) is 4.79 Å². The largest absolute Gasteiger partial charge is 0.395 e. The minimum absolute atomic E-state index is 0.202. The number of β-amino-alcohol motifs (C(OH)–C–C–N with tert-alkyl or cyclic N) is 1. The Labute approximate surface area is 91.9 Å². The highest BCUT2D eigenvalue weighted by molar-refractivity contribution is 5.81. The lowest BCUT2D eigenvalue weighted by molar-refractivity contribution is -0.141. The highest BCUT2D eigenvalue weighted by Gasteiger charge is 2.29. The Hall–Kier alpha value is -0.610. The Morgan fingerprint density at radius 3 is 2.13 bits per heavy atom. The Morgan fingerprint density at radius 1 is 1.20 bits per heavy atom. The first-order valence-corrected chi connectivity index (χ1v) is 5.58. The Kier molecular flexibility index (Phi) is 4.11. The molecule has 0 bridgehead atoms. The van der Waals surface area contributed by atoms with Crippen molar-refractivity contribution in [1.29, 1.82) is 0 Å². The third-order valence-electron chi connectivity index (χ3n) is 2.72. The van der Waals surface area contributed by atoms with E-state index in [4.69, 9.17) is 5.11 Å². The number of piperazine rings is 1. The first-order chi connectivity index (χ1) is 6.95. The maximum atomic E-state index is 11.9. The average Bonchev–Trinajstić information content (AvgIpc) is 2.17. The molecule has 0 spiro atoms. The molecule has 0 aromatic heterocycles. The maximum absolute atomic E-state index is 11.9. The monoisotopic (exact) mass is 214 g/mol. The van der Waals surface area contributed by atoms with Gasteiger partial charge >= 0.3 is 0 Å². The SMILES string of the molecule is CC(C)(C)C(=O)N1CCN(CCO)CC1. The Morgan fingerprint density at radius 2 is 1.73 bits per heavy atom. The lowest BCUT2D eigenvalue weighted by Crippen LogP contribution is -2.52. The topological polar surface area (TPSA) is 43.8 Å². The van der Waals surface area contributed by atoms with Crippen molar-refractivity contribution in [2.24, 2.45) is 5.41 Å². The molecule has 1 rings (SSSR count). The highest BCUT2D eigenvalue weighted by atomic mass is 16.3. The van der Waals surface area contributed by atoms with Gasteiger partial charge in [0.2, 0.25) is 5.91 Å². The van der Waals surface area contributed by atoms with Gasteiger partial charge in [0.1, 0.15) is 0 Å². The van der Waals surface area contributed by atoms with E-state index >= 15 is 0 Å². The molecule has 1 heterocycles. The van der Waals surface area contributed by atoms with Crippen molar-refractivity contribution in [2.75, 3.05) is 39.3 Å². The van der Waals surface area contributed by atoms with Crippen LogP contribution in [0.1, 0.15) is 20.8 Å². The molecule has 0 saturated carbocycles. The molecule has 0 radical (unpaired) electrons. The molecular formula is C11H22N2O2. The number of carbonyl (C=O) groups excluding carboxylic acids is 1. The molecule has 4 heteroatoms.